The van der Waals surface area contributed by atoms with Crippen LogP contribution in [0.15, 0.2) is 36.5 Å². The average Bonchev–Trinajstić information content (AvgIpc) is 2.30. The average molecular weight is 220 g/mol. The summed E-state index contributed by atoms with van der Waals surface area (Å²) in [5, 5.41) is 0. The van der Waals surface area contributed by atoms with Crippen molar-refractivity contribution in [3.8, 4) is 11.3 Å². The molecule has 76 valence electrons. The number of hydrogen-bond acceptors (Lipinski definition) is 3. The summed E-state index contributed by atoms with van der Waals surface area (Å²) >= 11 is 4.10. The van der Waals surface area contributed by atoms with E-state index in [9.17, 15) is 4.39 Å². The molecule has 0 aliphatic carbocycles. The van der Waals surface area contributed by atoms with Gasteiger partial charge < -0.3 is 0 Å². The standard InChI is InChI=1S/C11H9FN2S/c12-9-3-1-8(2-4-9)10-5-6-13-11(7-15)14-10/h1-6,15H,7H2. The maximum atomic E-state index is 12.7. The van der Waals surface area contributed by atoms with Crippen LogP contribution in [-0.4, -0.2) is 9.97 Å². The molecule has 2 aromatic rings. The van der Waals surface area contributed by atoms with E-state index >= 15 is 0 Å². The van der Waals surface area contributed by atoms with Crippen LogP contribution in [0.5, 0.6) is 0 Å². The van der Waals surface area contributed by atoms with Crippen LogP contribution in [0.25, 0.3) is 11.3 Å². The molecular weight excluding hydrogens is 211 g/mol. The summed E-state index contributed by atoms with van der Waals surface area (Å²) in [7, 11) is 0. The van der Waals surface area contributed by atoms with Crippen LogP contribution in [0.3, 0.4) is 0 Å². The summed E-state index contributed by atoms with van der Waals surface area (Å²) in [4.78, 5) is 8.32. The molecule has 1 aromatic carbocycles. The second-order valence-corrected chi connectivity index (χ2v) is 3.34. The minimum Gasteiger partial charge on any atom is -0.240 e. The Morgan fingerprint density at radius 3 is 2.53 bits per heavy atom. The second kappa shape index (κ2) is 4.40. The van der Waals surface area contributed by atoms with E-state index in [1.54, 1.807) is 24.4 Å². The molecular formula is C11H9FN2S. The first-order valence-electron chi connectivity index (χ1n) is 4.48. The Kier molecular flexibility index (Phi) is 2.97. The zero-order valence-electron chi connectivity index (χ0n) is 7.89. The number of rotatable bonds is 2. The van der Waals surface area contributed by atoms with Crippen molar-refractivity contribution in [2.24, 2.45) is 0 Å². The van der Waals surface area contributed by atoms with Crippen LogP contribution in [0.4, 0.5) is 4.39 Å². The normalized spacial score (nSPS) is 10.3. The highest BCUT2D eigenvalue weighted by Gasteiger charge is 2.01. The Morgan fingerprint density at radius 1 is 1.13 bits per heavy atom. The summed E-state index contributed by atoms with van der Waals surface area (Å²) < 4.78 is 12.7. The number of aromatic nitrogens is 2. The third-order valence-electron chi connectivity index (χ3n) is 1.99. The monoisotopic (exact) mass is 220 g/mol. The molecule has 0 aliphatic rings. The van der Waals surface area contributed by atoms with Crippen LogP contribution in [0.2, 0.25) is 0 Å². The lowest BCUT2D eigenvalue weighted by atomic mass is 10.1. The van der Waals surface area contributed by atoms with E-state index in [2.05, 4.69) is 22.6 Å². The summed E-state index contributed by atoms with van der Waals surface area (Å²) in [5.74, 6) is 0.914. The van der Waals surface area contributed by atoms with Gasteiger partial charge in [-0.2, -0.15) is 12.6 Å². The molecule has 0 atom stereocenters. The molecule has 0 fully saturated rings. The summed E-state index contributed by atoms with van der Waals surface area (Å²) in [6.07, 6.45) is 1.68. The van der Waals surface area contributed by atoms with E-state index in [-0.39, 0.29) is 5.82 Å². The molecule has 2 nitrogen and oxygen atoms in total. The fourth-order valence-electron chi connectivity index (χ4n) is 1.26. The van der Waals surface area contributed by atoms with Crippen LogP contribution in [0.1, 0.15) is 5.82 Å². The van der Waals surface area contributed by atoms with Crippen LogP contribution in [-0.2, 0) is 5.75 Å². The Hall–Kier alpha value is -1.42. The lowest BCUT2D eigenvalue weighted by Crippen LogP contribution is -1.92. The summed E-state index contributed by atoms with van der Waals surface area (Å²) in [6, 6.07) is 8.01. The third kappa shape index (κ3) is 2.33. The van der Waals surface area contributed by atoms with E-state index in [0.717, 1.165) is 11.3 Å². The first-order valence-corrected chi connectivity index (χ1v) is 5.11. The van der Waals surface area contributed by atoms with Gasteiger partial charge in [-0.3, -0.25) is 0 Å². The van der Waals surface area contributed by atoms with Gasteiger partial charge in [0.2, 0.25) is 0 Å². The lowest BCUT2D eigenvalue weighted by Gasteiger charge is -2.01. The molecule has 4 heteroatoms. The van der Waals surface area contributed by atoms with Crippen molar-refractivity contribution in [1.82, 2.24) is 9.97 Å². The quantitative estimate of drug-likeness (QED) is 0.787. The van der Waals surface area contributed by atoms with Gasteiger partial charge in [0.15, 0.2) is 0 Å². The van der Waals surface area contributed by atoms with Crippen molar-refractivity contribution in [3.63, 3.8) is 0 Å². The lowest BCUT2D eigenvalue weighted by molar-refractivity contribution is 0.628. The van der Waals surface area contributed by atoms with Gasteiger partial charge >= 0.3 is 0 Å². The van der Waals surface area contributed by atoms with Gasteiger partial charge in [0.1, 0.15) is 11.6 Å². The topological polar surface area (TPSA) is 25.8 Å². The molecule has 0 amide bonds. The van der Waals surface area contributed by atoms with Gasteiger partial charge in [0.05, 0.1) is 11.4 Å². The SMILES string of the molecule is Fc1ccc(-c2ccnc(CS)n2)cc1. The van der Waals surface area contributed by atoms with Crippen molar-refractivity contribution in [2.75, 3.05) is 0 Å². The molecule has 0 saturated carbocycles. The molecule has 0 spiro atoms. The second-order valence-electron chi connectivity index (χ2n) is 3.02. The van der Waals surface area contributed by atoms with Crippen LogP contribution < -0.4 is 0 Å². The number of nitrogens with zero attached hydrogens (tertiary/aromatic N) is 2. The molecule has 0 unspecified atom stereocenters. The molecule has 15 heavy (non-hydrogen) atoms. The van der Waals surface area contributed by atoms with Gasteiger partial charge in [-0.25, -0.2) is 14.4 Å². The Balaban J connectivity index is 2.40. The molecule has 0 saturated heterocycles. The van der Waals surface area contributed by atoms with Crippen molar-refractivity contribution < 1.29 is 4.39 Å². The third-order valence-corrected chi connectivity index (χ3v) is 2.27. The Bertz CT molecular complexity index is 456. The van der Waals surface area contributed by atoms with E-state index in [1.165, 1.54) is 12.1 Å². The first-order chi connectivity index (χ1) is 7.29. The van der Waals surface area contributed by atoms with E-state index < -0.39 is 0 Å². The predicted octanol–water partition coefficient (Wildman–Crippen LogP) is 2.71. The number of halogens is 1. The largest absolute Gasteiger partial charge is 0.240 e. The minimum atomic E-state index is -0.248. The maximum Gasteiger partial charge on any atom is 0.138 e. The molecule has 0 aliphatic heterocycles. The van der Waals surface area contributed by atoms with Gasteiger partial charge in [0.25, 0.3) is 0 Å². The fraction of sp³-hybridized carbons (Fsp3) is 0.0909. The van der Waals surface area contributed by atoms with E-state index in [0.29, 0.717) is 11.6 Å². The predicted molar refractivity (Wildman–Crippen MR) is 60.1 cm³/mol. The van der Waals surface area contributed by atoms with Crippen molar-refractivity contribution in [1.29, 1.82) is 0 Å². The minimum absolute atomic E-state index is 0.248. The van der Waals surface area contributed by atoms with Gasteiger partial charge in [-0.1, -0.05) is 0 Å². The van der Waals surface area contributed by atoms with Crippen LogP contribution >= 0.6 is 12.6 Å². The molecule has 0 N–H and O–H groups in total. The smallest absolute Gasteiger partial charge is 0.138 e. The molecule has 2 rings (SSSR count). The Morgan fingerprint density at radius 2 is 1.87 bits per heavy atom. The maximum absolute atomic E-state index is 12.7. The highest BCUT2D eigenvalue weighted by molar-refractivity contribution is 7.79. The summed E-state index contributed by atoms with van der Waals surface area (Å²) in [5.41, 5.74) is 1.66. The van der Waals surface area contributed by atoms with Crippen molar-refractivity contribution >= 4 is 12.6 Å². The van der Waals surface area contributed by atoms with Gasteiger partial charge in [0, 0.05) is 11.8 Å². The molecule has 0 bridgehead atoms. The number of thiol groups is 1. The number of benzene rings is 1. The van der Waals surface area contributed by atoms with Gasteiger partial charge in [-0.15, -0.1) is 0 Å². The molecule has 0 radical (unpaired) electrons. The number of hydrogen-bond donors (Lipinski definition) is 1. The fourth-order valence-corrected chi connectivity index (χ4v) is 1.41. The summed E-state index contributed by atoms with van der Waals surface area (Å²) in [6.45, 7) is 0. The van der Waals surface area contributed by atoms with Crippen LogP contribution in [0, 0.1) is 5.82 Å². The Labute approximate surface area is 92.6 Å². The van der Waals surface area contributed by atoms with E-state index in [4.69, 9.17) is 0 Å². The molecule has 1 heterocycles. The van der Waals surface area contributed by atoms with Crippen molar-refractivity contribution in [2.45, 2.75) is 5.75 Å². The first kappa shape index (κ1) is 10.1. The zero-order valence-corrected chi connectivity index (χ0v) is 8.79. The molecule has 1 aromatic heterocycles. The highest BCUT2D eigenvalue weighted by Crippen LogP contribution is 2.16. The van der Waals surface area contributed by atoms with Gasteiger partial charge in [-0.05, 0) is 30.3 Å². The van der Waals surface area contributed by atoms with Crippen molar-refractivity contribution in [3.05, 3.63) is 48.2 Å². The van der Waals surface area contributed by atoms with E-state index in [1.807, 2.05) is 0 Å². The highest BCUT2D eigenvalue weighted by atomic mass is 32.1. The zero-order chi connectivity index (χ0) is 10.7.